The number of benzene rings is 1. The second kappa shape index (κ2) is 5.97. The van der Waals surface area contributed by atoms with E-state index in [2.05, 4.69) is 0 Å². The van der Waals surface area contributed by atoms with E-state index < -0.39 is 0 Å². The molecule has 0 saturated carbocycles. The van der Waals surface area contributed by atoms with Gasteiger partial charge in [-0.2, -0.15) is 0 Å². The summed E-state index contributed by atoms with van der Waals surface area (Å²) in [6.45, 7) is 0. The molecule has 0 aliphatic rings. The molecule has 5 nitrogen and oxygen atoms in total. The van der Waals surface area contributed by atoms with Crippen molar-refractivity contribution in [1.29, 1.82) is 0 Å². The van der Waals surface area contributed by atoms with E-state index in [0.717, 1.165) is 5.56 Å². The normalized spacial score (nSPS) is 10.2. The summed E-state index contributed by atoms with van der Waals surface area (Å²) in [7, 11) is 4.82. The van der Waals surface area contributed by atoms with Gasteiger partial charge in [-0.15, -0.1) is 0 Å². The molecule has 1 heterocycles. The Morgan fingerprint density at radius 1 is 1.19 bits per heavy atom. The largest absolute Gasteiger partial charge is 0.497 e. The van der Waals surface area contributed by atoms with Crippen LogP contribution < -0.4 is 20.8 Å². The number of ether oxygens (including phenoxy) is 2. The van der Waals surface area contributed by atoms with Gasteiger partial charge in [-0.25, -0.2) is 0 Å². The minimum atomic E-state index is -0.238. The number of nitrogens with two attached hydrogens (primary N) is 1. The Balaban J connectivity index is 2.65. The summed E-state index contributed by atoms with van der Waals surface area (Å²) in [5.41, 5.74) is 7.12. The molecule has 0 atom stereocenters. The van der Waals surface area contributed by atoms with E-state index >= 15 is 0 Å². The van der Waals surface area contributed by atoms with Crippen molar-refractivity contribution in [2.75, 3.05) is 14.2 Å². The summed E-state index contributed by atoms with van der Waals surface area (Å²) in [5.74, 6) is 1.30. The second-order valence-corrected chi connectivity index (χ2v) is 4.87. The number of hydrogen-bond donors (Lipinski definition) is 1. The molecule has 6 heteroatoms. The van der Waals surface area contributed by atoms with Crippen LogP contribution in [0.2, 0.25) is 0 Å². The second-order valence-electron chi connectivity index (χ2n) is 4.43. The van der Waals surface area contributed by atoms with Crippen molar-refractivity contribution >= 4 is 17.2 Å². The predicted molar refractivity (Wildman–Crippen MR) is 86.1 cm³/mol. The molecule has 2 rings (SSSR count). The number of rotatable bonds is 4. The lowest BCUT2D eigenvalue weighted by atomic mass is 10.1. The van der Waals surface area contributed by atoms with E-state index in [1.54, 1.807) is 39.5 Å². The first-order chi connectivity index (χ1) is 9.99. The Morgan fingerprint density at radius 3 is 2.48 bits per heavy atom. The summed E-state index contributed by atoms with van der Waals surface area (Å²) < 4.78 is 12.0. The van der Waals surface area contributed by atoms with E-state index in [0.29, 0.717) is 22.8 Å². The highest BCUT2D eigenvalue weighted by Crippen LogP contribution is 2.32. The molecule has 1 aromatic carbocycles. The van der Waals surface area contributed by atoms with Crippen LogP contribution in [0.25, 0.3) is 11.3 Å². The number of thiocarbonyl (C=S) groups is 1. The van der Waals surface area contributed by atoms with Gasteiger partial charge in [0.25, 0.3) is 5.56 Å². The number of methoxy groups -OCH3 is 2. The maximum Gasteiger partial charge on any atom is 0.261 e. The number of aromatic nitrogens is 1. The Hall–Kier alpha value is -2.34. The lowest BCUT2D eigenvalue weighted by Crippen LogP contribution is -2.28. The first-order valence-electron chi connectivity index (χ1n) is 6.21. The molecule has 2 aromatic rings. The Morgan fingerprint density at radius 2 is 1.90 bits per heavy atom. The number of nitrogens with zero attached hydrogens (tertiary/aromatic N) is 1. The van der Waals surface area contributed by atoms with Crippen LogP contribution in [-0.2, 0) is 7.05 Å². The Labute approximate surface area is 127 Å². The summed E-state index contributed by atoms with van der Waals surface area (Å²) in [5, 5.41) is 0. The van der Waals surface area contributed by atoms with Gasteiger partial charge in [0.2, 0.25) is 0 Å². The molecule has 1 aromatic heterocycles. The number of hydrogen-bond acceptors (Lipinski definition) is 4. The standard InChI is InChI=1S/C15H16N2O3S/c1-17-12(7-6-11(14(16)21)15(17)18)10-5-4-9(19-2)8-13(10)20-3/h4-8H,1-3H3,(H2,16,21). The van der Waals surface area contributed by atoms with E-state index in [1.807, 2.05) is 12.1 Å². The van der Waals surface area contributed by atoms with Crippen molar-refractivity contribution in [3.8, 4) is 22.8 Å². The van der Waals surface area contributed by atoms with E-state index in [-0.39, 0.29) is 10.5 Å². The lowest BCUT2D eigenvalue weighted by Gasteiger charge is -2.14. The maximum absolute atomic E-state index is 12.3. The zero-order valence-corrected chi connectivity index (χ0v) is 12.9. The maximum atomic E-state index is 12.3. The van der Waals surface area contributed by atoms with Crippen LogP contribution >= 0.6 is 12.2 Å². The summed E-state index contributed by atoms with van der Waals surface area (Å²) in [4.78, 5) is 12.3. The van der Waals surface area contributed by atoms with Crippen molar-refractivity contribution in [3.05, 3.63) is 46.2 Å². The lowest BCUT2D eigenvalue weighted by molar-refractivity contribution is 0.395. The fourth-order valence-corrected chi connectivity index (χ4v) is 2.26. The van der Waals surface area contributed by atoms with Gasteiger partial charge in [-0.1, -0.05) is 12.2 Å². The third-order valence-corrected chi connectivity index (χ3v) is 3.47. The molecule has 0 aliphatic carbocycles. The molecule has 0 fully saturated rings. The smallest absolute Gasteiger partial charge is 0.261 e. The number of pyridine rings is 1. The third-order valence-electron chi connectivity index (χ3n) is 3.25. The zero-order valence-electron chi connectivity index (χ0n) is 12.0. The topological polar surface area (TPSA) is 66.5 Å². The van der Waals surface area contributed by atoms with Gasteiger partial charge < -0.3 is 19.8 Å². The van der Waals surface area contributed by atoms with Crippen LogP contribution in [0.15, 0.2) is 35.1 Å². The minimum absolute atomic E-state index is 0.0869. The van der Waals surface area contributed by atoms with Gasteiger partial charge in [-0.3, -0.25) is 4.79 Å². The van der Waals surface area contributed by atoms with Crippen molar-refractivity contribution in [2.24, 2.45) is 12.8 Å². The molecule has 0 spiro atoms. The van der Waals surface area contributed by atoms with Crippen molar-refractivity contribution in [2.45, 2.75) is 0 Å². The highest BCUT2D eigenvalue weighted by molar-refractivity contribution is 7.80. The SMILES string of the molecule is COc1ccc(-c2ccc(C(N)=S)c(=O)n2C)c(OC)c1. The summed E-state index contributed by atoms with van der Waals surface area (Å²) in [6, 6.07) is 8.84. The van der Waals surface area contributed by atoms with Gasteiger partial charge >= 0.3 is 0 Å². The average Bonchev–Trinajstić information content (AvgIpc) is 2.49. The Kier molecular flexibility index (Phi) is 4.28. The van der Waals surface area contributed by atoms with Crippen molar-refractivity contribution in [3.63, 3.8) is 0 Å². The van der Waals surface area contributed by atoms with Gasteiger partial charge in [0.15, 0.2) is 0 Å². The zero-order chi connectivity index (χ0) is 15.6. The monoisotopic (exact) mass is 304 g/mol. The molecular weight excluding hydrogens is 288 g/mol. The van der Waals surface area contributed by atoms with Gasteiger partial charge in [0, 0.05) is 18.7 Å². The van der Waals surface area contributed by atoms with E-state index in [9.17, 15) is 4.79 Å². The van der Waals surface area contributed by atoms with E-state index in [4.69, 9.17) is 27.4 Å². The molecule has 2 N–H and O–H groups in total. The highest BCUT2D eigenvalue weighted by Gasteiger charge is 2.13. The van der Waals surface area contributed by atoms with Crippen LogP contribution in [0.1, 0.15) is 5.56 Å². The van der Waals surface area contributed by atoms with Crippen LogP contribution in [0.5, 0.6) is 11.5 Å². The summed E-state index contributed by atoms with van der Waals surface area (Å²) in [6.07, 6.45) is 0. The predicted octanol–water partition coefficient (Wildman–Crippen LogP) is 1.70. The molecule has 110 valence electrons. The van der Waals surface area contributed by atoms with Crippen molar-refractivity contribution in [1.82, 2.24) is 4.57 Å². The van der Waals surface area contributed by atoms with Gasteiger partial charge in [0.05, 0.1) is 25.5 Å². The fraction of sp³-hybridized carbons (Fsp3) is 0.200. The Bertz CT molecular complexity index is 753. The fourth-order valence-electron chi connectivity index (χ4n) is 2.10. The van der Waals surface area contributed by atoms with Gasteiger partial charge in [-0.05, 0) is 24.3 Å². The third kappa shape index (κ3) is 2.75. The molecule has 0 amide bonds. The molecular formula is C15H16N2O3S. The molecule has 21 heavy (non-hydrogen) atoms. The molecule has 0 radical (unpaired) electrons. The van der Waals surface area contributed by atoms with Crippen LogP contribution in [0.4, 0.5) is 0 Å². The molecule has 0 aliphatic heterocycles. The highest BCUT2D eigenvalue weighted by atomic mass is 32.1. The van der Waals surface area contributed by atoms with Crippen LogP contribution in [-0.4, -0.2) is 23.8 Å². The first kappa shape index (κ1) is 15.1. The molecule has 0 unspecified atom stereocenters. The van der Waals surface area contributed by atoms with Crippen molar-refractivity contribution < 1.29 is 9.47 Å². The van der Waals surface area contributed by atoms with E-state index in [1.165, 1.54) is 4.57 Å². The quantitative estimate of drug-likeness (QED) is 0.871. The average molecular weight is 304 g/mol. The van der Waals surface area contributed by atoms with Crippen LogP contribution in [0.3, 0.4) is 0 Å². The first-order valence-corrected chi connectivity index (χ1v) is 6.62. The molecule has 0 bridgehead atoms. The minimum Gasteiger partial charge on any atom is -0.497 e. The summed E-state index contributed by atoms with van der Waals surface area (Å²) >= 11 is 4.87. The van der Waals surface area contributed by atoms with Gasteiger partial charge in [0.1, 0.15) is 16.5 Å². The van der Waals surface area contributed by atoms with Crippen LogP contribution in [0, 0.1) is 0 Å². The molecule has 0 saturated heterocycles.